The Balaban J connectivity index is 1.40. The van der Waals surface area contributed by atoms with Gasteiger partial charge in [0, 0.05) is 41.3 Å². The number of para-hydroxylation sites is 2. The van der Waals surface area contributed by atoms with Gasteiger partial charge in [0.25, 0.3) is 0 Å². The largest absolute Gasteiger partial charge is 0.361 e. The van der Waals surface area contributed by atoms with Crippen molar-refractivity contribution in [2.24, 2.45) is 11.0 Å². The van der Waals surface area contributed by atoms with Crippen LogP contribution in [0.2, 0.25) is 0 Å². The number of benzene rings is 2. The summed E-state index contributed by atoms with van der Waals surface area (Å²) in [6.45, 7) is 0.372. The Bertz CT molecular complexity index is 978. The van der Waals surface area contributed by atoms with Crippen LogP contribution in [0.3, 0.4) is 0 Å². The lowest BCUT2D eigenvalue weighted by Crippen LogP contribution is -2.30. The number of H-pyrrole nitrogens is 1. The first-order valence-corrected chi connectivity index (χ1v) is 8.47. The number of hydrogen-bond donors (Lipinski definition) is 2. The zero-order valence-electron chi connectivity index (χ0n) is 14.1. The summed E-state index contributed by atoms with van der Waals surface area (Å²) in [5.41, 5.74) is 5.28. The van der Waals surface area contributed by atoms with Gasteiger partial charge >= 0.3 is 0 Å². The van der Waals surface area contributed by atoms with Gasteiger partial charge in [-0.25, -0.2) is 5.43 Å². The molecule has 4 rings (SSSR count). The zero-order chi connectivity index (χ0) is 17.9. The van der Waals surface area contributed by atoms with Crippen LogP contribution in [0.4, 0.5) is 5.69 Å². The lowest BCUT2D eigenvalue weighted by atomic mass is 10.1. The van der Waals surface area contributed by atoms with Gasteiger partial charge in [0.05, 0.1) is 12.1 Å². The molecule has 1 aromatic heterocycles. The van der Waals surface area contributed by atoms with Crippen molar-refractivity contribution in [1.29, 1.82) is 0 Å². The van der Waals surface area contributed by atoms with Crippen molar-refractivity contribution in [3.8, 4) is 0 Å². The Morgan fingerprint density at radius 2 is 1.92 bits per heavy atom. The number of carbonyl (C=O) groups is 2. The van der Waals surface area contributed by atoms with E-state index in [0.717, 1.165) is 22.2 Å². The predicted molar refractivity (Wildman–Crippen MR) is 101 cm³/mol. The summed E-state index contributed by atoms with van der Waals surface area (Å²) < 4.78 is 0. The second-order valence-corrected chi connectivity index (χ2v) is 6.26. The number of aromatic nitrogens is 1. The van der Waals surface area contributed by atoms with Crippen LogP contribution >= 0.6 is 0 Å². The van der Waals surface area contributed by atoms with E-state index in [1.807, 2.05) is 60.8 Å². The maximum Gasteiger partial charge on any atom is 0.245 e. The van der Waals surface area contributed by atoms with Crippen LogP contribution in [-0.2, 0) is 9.59 Å². The lowest BCUT2D eigenvalue weighted by molar-refractivity contribution is -0.126. The van der Waals surface area contributed by atoms with Crippen molar-refractivity contribution in [2.45, 2.75) is 6.42 Å². The number of nitrogens with zero attached hydrogens (tertiary/aromatic N) is 2. The molecule has 1 atom stereocenters. The molecule has 6 heteroatoms. The number of hydrogen-bond acceptors (Lipinski definition) is 3. The zero-order valence-corrected chi connectivity index (χ0v) is 14.1. The molecular formula is C20H18N4O2. The van der Waals surface area contributed by atoms with Crippen molar-refractivity contribution >= 4 is 34.6 Å². The fraction of sp³-hybridized carbons (Fsp3) is 0.150. The molecule has 0 radical (unpaired) electrons. The van der Waals surface area contributed by atoms with Gasteiger partial charge in [0.15, 0.2) is 0 Å². The van der Waals surface area contributed by atoms with E-state index in [1.54, 1.807) is 11.1 Å². The Morgan fingerprint density at radius 1 is 1.15 bits per heavy atom. The predicted octanol–water partition coefficient (Wildman–Crippen LogP) is 2.67. The summed E-state index contributed by atoms with van der Waals surface area (Å²) in [5.74, 6) is -0.687. The van der Waals surface area contributed by atoms with Gasteiger partial charge in [0.1, 0.15) is 0 Å². The minimum atomic E-state index is -0.400. The van der Waals surface area contributed by atoms with Crippen LogP contribution in [0.1, 0.15) is 12.0 Å². The third-order valence-electron chi connectivity index (χ3n) is 4.56. The van der Waals surface area contributed by atoms with Crippen molar-refractivity contribution < 1.29 is 9.59 Å². The van der Waals surface area contributed by atoms with Crippen LogP contribution < -0.4 is 10.3 Å². The Hall–Kier alpha value is -3.41. The number of nitrogens with one attached hydrogen (secondary N) is 2. The van der Waals surface area contributed by atoms with Gasteiger partial charge in [0.2, 0.25) is 11.8 Å². The fourth-order valence-corrected chi connectivity index (χ4v) is 3.20. The molecule has 6 nitrogen and oxygen atoms in total. The molecule has 2 aromatic carbocycles. The molecule has 1 fully saturated rings. The molecule has 130 valence electrons. The number of fused-ring (bicyclic) bond motifs is 1. The Labute approximate surface area is 150 Å². The van der Waals surface area contributed by atoms with Crippen LogP contribution in [0.15, 0.2) is 65.9 Å². The number of hydrazone groups is 1. The number of amides is 2. The van der Waals surface area contributed by atoms with Gasteiger partial charge in [-0.15, -0.1) is 0 Å². The standard InChI is InChI=1S/C20H18N4O2/c25-19-10-14(13-24(19)16-6-2-1-3-7-16)20(26)23-22-12-15-11-21-18-9-5-4-8-17(15)18/h1-9,11-12,14,21H,10,13H2,(H,23,26)/b22-12-/t14-/m0/s1. The Morgan fingerprint density at radius 3 is 2.77 bits per heavy atom. The van der Waals surface area contributed by atoms with Crippen LogP contribution in [0.25, 0.3) is 10.9 Å². The van der Waals surface area contributed by atoms with Crippen LogP contribution in [0.5, 0.6) is 0 Å². The first-order valence-electron chi connectivity index (χ1n) is 8.47. The lowest BCUT2D eigenvalue weighted by Gasteiger charge is -2.16. The minimum Gasteiger partial charge on any atom is -0.361 e. The summed E-state index contributed by atoms with van der Waals surface area (Å²) in [7, 11) is 0. The second-order valence-electron chi connectivity index (χ2n) is 6.26. The van der Waals surface area contributed by atoms with E-state index in [-0.39, 0.29) is 18.2 Å². The average molecular weight is 346 g/mol. The van der Waals surface area contributed by atoms with E-state index in [0.29, 0.717) is 6.54 Å². The second kappa shape index (κ2) is 6.84. The molecule has 2 N–H and O–H groups in total. The number of rotatable bonds is 4. The highest BCUT2D eigenvalue weighted by Gasteiger charge is 2.34. The fourth-order valence-electron chi connectivity index (χ4n) is 3.20. The van der Waals surface area contributed by atoms with Gasteiger partial charge < -0.3 is 9.88 Å². The molecular weight excluding hydrogens is 328 g/mol. The Kier molecular flexibility index (Phi) is 4.23. The third-order valence-corrected chi connectivity index (χ3v) is 4.56. The molecule has 2 heterocycles. The number of carbonyl (C=O) groups excluding carboxylic acids is 2. The molecule has 1 aliphatic rings. The van der Waals surface area contributed by atoms with Crippen molar-refractivity contribution in [3.05, 3.63) is 66.4 Å². The topological polar surface area (TPSA) is 77.6 Å². The summed E-state index contributed by atoms with van der Waals surface area (Å²) in [6.07, 6.45) is 3.66. The highest BCUT2D eigenvalue weighted by Crippen LogP contribution is 2.24. The SMILES string of the molecule is O=C(N/N=C\c1c[nH]c2ccccc12)[C@H]1CC(=O)N(c2ccccc2)C1. The van der Waals surface area contributed by atoms with Crippen molar-refractivity contribution in [2.75, 3.05) is 11.4 Å². The molecule has 0 aliphatic carbocycles. The average Bonchev–Trinajstić information content (AvgIpc) is 3.26. The maximum atomic E-state index is 12.3. The highest BCUT2D eigenvalue weighted by atomic mass is 16.2. The van der Waals surface area contributed by atoms with Crippen LogP contribution in [-0.4, -0.2) is 29.6 Å². The smallest absolute Gasteiger partial charge is 0.245 e. The quantitative estimate of drug-likeness (QED) is 0.563. The van der Waals surface area contributed by atoms with E-state index in [2.05, 4.69) is 15.5 Å². The van der Waals surface area contributed by atoms with Crippen molar-refractivity contribution in [1.82, 2.24) is 10.4 Å². The molecule has 0 bridgehead atoms. The summed E-state index contributed by atoms with van der Waals surface area (Å²) in [4.78, 5) is 29.4. The van der Waals surface area contributed by atoms with E-state index in [9.17, 15) is 9.59 Å². The molecule has 0 unspecified atom stereocenters. The van der Waals surface area contributed by atoms with E-state index in [1.165, 1.54) is 0 Å². The minimum absolute atomic E-state index is 0.0445. The third kappa shape index (κ3) is 3.09. The molecule has 0 spiro atoms. The van der Waals surface area contributed by atoms with Gasteiger partial charge in [-0.3, -0.25) is 9.59 Å². The summed E-state index contributed by atoms with van der Waals surface area (Å²) >= 11 is 0. The molecule has 1 saturated heterocycles. The molecule has 26 heavy (non-hydrogen) atoms. The molecule has 1 aliphatic heterocycles. The first-order chi connectivity index (χ1) is 12.7. The molecule has 3 aromatic rings. The first kappa shape index (κ1) is 16.1. The highest BCUT2D eigenvalue weighted by molar-refractivity contribution is 6.01. The normalized spacial score (nSPS) is 17.3. The maximum absolute atomic E-state index is 12.3. The molecule has 2 amide bonds. The van der Waals surface area contributed by atoms with E-state index in [4.69, 9.17) is 0 Å². The summed E-state index contributed by atoms with van der Waals surface area (Å²) in [6, 6.07) is 17.3. The monoisotopic (exact) mass is 346 g/mol. The summed E-state index contributed by atoms with van der Waals surface area (Å²) in [5, 5.41) is 5.10. The van der Waals surface area contributed by atoms with Gasteiger partial charge in [-0.1, -0.05) is 36.4 Å². The number of aromatic amines is 1. The van der Waals surface area contributed by atoms with E-state index < -0.39 is 5.92 Å². The number of anilines is 1. The van der Waals surface area contributed by atoms with E-state index >= 15 is 0 Å². The van der Waals surface area contributed by atoms with Gasteiger partial charge in [-0.2, -0.15) is 5.10 Å². The van der Waals surface area contributed by atoms with Crippen LogP contribution in [0, 0.1) is 5.92 Å². The molecule has 0 saturated carbocycles. The van der Waals surface area contributed by atoms with Gasteiger partial charge in [-0.05, 0) is 18.2 Å². The van der Waals surface area contributed by atoms with Crippen molar-refractivity contribution in [3.63, 3.8) is 0 Å².